The number of hydrogen-bond donors (Lipinski definition) is 2. The van der Waals surface area contributed by atoms with Gasteiger partial charge in [0.15, 0.2) is 5.69 Å². The van der Waals surface area contributed by atoms with Crippen molar-refractivity contribution in [3.63, 3.8) is 0 Å². The van der Waals surface area contributed by atoms with E-state index in [0.717, 1.165) is 0 Å². The molecule has 21 heavy (non-hydrogen) atoms. The summed E-state index contributed by atoms with van der Waals surface area (Å²) >= 11 is 11.9. The Morgan fingerprint density at radius 2 is 2.05 bits per heavy atom. The Bertz CT molecular complexity index is 735. The number of carbonyl (C=O) groups is 1. The molecule has 0 atom stereocenters. The van der Waals surface area contributed by atoms with Gasteiger partial charge in [0.05, 0.1) is 21.4 Å². The Morgan fingerprint density at radius 3 is 2.57 bits per heavy atom. The normalized spacial score (nSPS) is 10.7. The third-order valence-corrected chi connectivity index (χ3v) is 3.79. The molecular weight excluding hydrogens is 318 g/mol. The maximum absolute atomic E-state index is 13.9. The van der Waals surface area contributed by atoms with Crippen LogP contribution in [-0.4, -0.2) is 16.1 Å². The number of aromatic carboxylic acids is 1. The summed E-state index contributed by atoms with van der Waals surface area (Å²) in [7, 11) is 0. The van der Waals surface area contributed by atoms with Gasteiger partial charge in [0.25, 0.3) is 0 Å². The van der Waals surface area contributed by atoms with Gasteiger partial charge in [-0.05, 0) is 18.1 Å². The number of nitrogens with two attached hydrogens (primary N) is 1. The summed E-state index contributed by atoms with van der Waals surface area (Å²) in [6, 6.07) is 4.44. The highest BCUT2D eigenvalue weighted by atomic mass is 35.5. The average molecular weight is 329 g/mol. The second kappa shape index (κ2) is 5.87. The second-order valence-corrected chi connectivity index (χ2v) is 5.07. The summed E-state index contributed by atoms with van der Waals surface area (Å²) in [5, 5.41) is 8.83. The summed E-state index contributed by atoms with van der Waals surface area (Å²) in [6.07, 6.45) is 0.538. The molecule has 0 aliphatic rings. The topological polar surface area (TPSA) is 76.2 Å². The van der Waals surface area contributed by atoms with Gasteiger partial charge in [-0.15, -0.1) is 0 Å². The zero-order valence-corrected chi connectivity index (χ0v) is 12.5. The molecule has 0 radical (unpaired) electrons. The van der Waals surface area contributed by atoms with Crippen LogP contribution in [0.5, 0.6) is 0 Å². The number of benzene rings is 1. The maximum atomic E-state index is 13.9. The van der Waals surface area contributed by atoms with Crippen molar-refractivity contribution < 1.29 is 14.3 Å². The standard InChI is InChI=1S/C14H11Cl2FN2O2/c1-2-6-3-4-7(5-8(6)17)12-9(15)11(18)10(16)13(19-12)14(20)21/h3-5H,2H2,1H3,(H2,18,19)(H,20,21). The van der Waals surface area contributed by atoms with E-state index in [9.17, 15) is 9.18 Å². The molecule has 0 aliphatic carbocycles. The number of hydrogen-bond acceptors (Lipinski definition) is 3. The molecule has 3 N–H and O–H groups in total. The molecule has 0 fully saturated rings. The van der Waals surface area contributed by atoms with Crippen LogP contribution in [0, 0.1) is 5.82 Å². The zero-order valence-electron chi connectivity index (χ0n) is 11.0. The molecule has 0 saturated heterocycles. The predicted molar refractivity (Wildman–Crippen MR) is 80.4 cm³/mol. The fourth-order valence-corrected chi connectivity index (χ4v) is 2.39. The highest BCUT2D eigenvalue weighted by Gasteiger charge is 2.21. The van der Waals surface area contributed by atoms with E-state index in [1.54, 1.807) is 12.1 Å². The molecule has 1 aromatic heterocycles. The summed E-state index contributed by atoms with van der Waals surface area (Å²) in [5.41, 5.74) is 6.12. The van der Waals surface area contributed by atoms with Gasteiger partial charge in [-0.25, -0.2) is 14.2 Å². The summed E-state index contributed by atoms with van der Waals surface area (Å²) in [5.74, 6) is -1.76. The van der Waals surface area contributed by atoms with E-state index >= 15 is 0 Å². The molecule has 0 unspecified atom stereocenters. The van der Waals surface area contributed by atoms with Crippen molar-refractivity contribution in [2.45, 2.75) is 13.3 Å². The van der Waals surface area contributed by atoms with Crippen LogP contribution in [0.25, 0.3) is 11.3 Å². The average Bonchev–Trinajstić information content (AvgIpc) is 2.44. The van der Waals surface area contributed by atoms with Crippen molar-refractivity contribution in [3.05, 3.63) is 45.3 Å². The van der Waals surface area contributed by atoms with Gasteiger partial charge in [-0.3, -0.25) is 0 Å². The first-order valence-electron chi connectivity index (χ1n) is 6.03. The van der Waals surface area contributed by atoms with Crippen LogP contribution in [0.3, 0.4) is 0 Å². The van der Waals surface area contributed by atoms with Crippen molar-refractivity contribution in [2.75, 3.05) is 5.73 Å². The second-order valence-electron chi connectivity index (χ2n) is 4.32. The number of carboxylic acid groups (broad SMARTS) is 1. The Balaban J connectivity index is 2.69. The fraction of sp³-hybridized carbons (Fsp3) is 0.143. The molecule has 0 amide bonds. The number of carboxylic acids is 1. The summed E-state index contributed by atoms with van der Waals surface area (Å²) < 4.78 is 13.9. The van der Waals surface area contributed by atoms with Crippen LogP contribution in [0.15, 0.2) is 18.2 Å². The number of nitrogen functional groups attached to an aromatic ring is 1. The van der Waals surface area contributed by atoms with Gasteiger partial charge in [0.2, 0.25) is 0 Å². The van der Waals surface area contributed by atoms with E-state index in [-0.39, 0.29) is 21.4 Å². The van der Waals surface area contributed by atoms with Crippen molar-refractivity contribution in [1.82, 2.24) is 4.98 Å². The van der Waals surface area contributed by atoms with Crippen LogP contribution in [-0.2, 0) is 6.42 Å². The van der Waals surface area contributed by atoms with E-state index in [2.05, 4.69) is 4.98 Å². The number of aryl methyl sites for hydroxylation is 1. The van der Waals surface area contributed by atoms with Gasteiger partial charge in [0.1, 0.15) is 5.82 Å². The van der Waals surface area contributed by atoms with Crippen LogP contribution in [0.4, 0.5) is 10.1 Å². The van der Waals surface area contributed by atoms with Crippen molar-refractivity contribution >= 4 is 34.9 Å². The smallest absolute Gasteiger partial charge is 0.356 e. The highest BCUT2D eigenvalue weighted by molar-refractivity contribution is 6.41. The third kappa shape index (κ3) is 2.80. The molecule has 4 nitrogen and oxygen atoms in total. The molecular formula is C14H11Cl2FN2O2. The van der Waals surface area contributed by atoms with E-state index in [1.165, 1.54) is 6.07 Å². The first-order valence-corrected chi connectivity index (χ1v) is 6.79. The maximum Gasteiger partial charge on any atom is 0.356 e. The molecule has 0 saturated carbocycles. The first-order chi connectivity index (χ1) is 9.86. The number of anilines is 1. The fourth-order valence-electron chi connectivity index (χ4n) is 1.88. The Kier molecular flexibility index (Phi) is 4.34. The number of pyridine rings is 1. The Morgan fingerprint density at radius 1 is 1.38 bits per heavy atom. The van der Waals surface area contributed by atoms with Crippen molar-refractivity contribution in [1.29, 1.82) is 0 Å². The van der Waals surface area contributed by atoms with E-state index in [0.29, 0.717) is 17.5 Å². The van der Waals surface area contributed by atoms with E-state index in [1.807, 2.05) is 6.92 Å². The lowest BCUT2D eigenvalue weighted by Gasteiger charge is -2.11. The molecule has 110 valence electrons. The summed E-state index contributed by atoms with van der Waals surface area (Å²) in [6.45, 7) is 1.83. The Hall–Kier alpha value is -1.85. The van der Waals surface area contributed by atoms with Gasteiger partial charge in [0, 0.05) is 5.56 Å². The van der Waals surface area contributed by atoms with E-state index in [4.69, 9.17) is 34.0 Å². The number of aromatic nitrogens is 1. The highest BCUT2D eigenvalue weighted by Crippen LogP contribution is 2.37. The van der Waals surface area contributed by atoms with Gasteiger partial charge < -0.3 is 10.8 Å². The lowest BCUT2D eigenvalue weighted by molar-refractivity contribution is 0.0691. The third-order valence-electron chi connectivity index (χ3n) is 3.02. The predicted octanol–water partition coefficient (Wildman–Crippen LogP) is 4.04. The molecule has 0 spiro atoms. The van der Waals surface area contributed by atoms with Crippen LogP contribution in [0.2, 0.25) is 10.0 Å². The monoisotopic (exact) mass is 328 g/mol. The molecule has 7 heteroatoms. The molecule has 1 aromatic carbocycles. The van der Waals surface area contributed by atoms with Crippen LogP contribution >= 0.6 is 23.2 Å². The van der Waals surface area contributed by atoms with Gasteiger partial charge in [-0.2, -0.15) is 0 Å². The first kappa shape index (κ1) is 15.5. The number of rotatable bonds is 3. The molecule has 2 aromatic rings. The van der Waals surface area contributed by atoms with Crippen LogP contribution < -0.4 is 5.73 Å². The Labute approximate surface area is 130 Å². The zero-order chi connectivity index (χ0) is 15.7. The minimum Gasteiger partial charge on any atom is -0.476 e. The van der Waals surface area contributed by atoms with E-state index < -0.39 is 17.5 Å². The quantitative estimate of drug-likeness (QED) is 0.891. The van der Waals surface area contributed by atoms with Crippen LogP contribution in [0.1, 0.15) is 23.0 Å². The summed E-state index contributed by atoms with van der Waals surface area (Å²) in [4.78, 5) is 15.0. The minimum atomic E-state index is -1.34. The molecule has 2 rings (SSSR count). The number of nitrogens with zero attached hydrogens (tertiary/aromatic N) is 1. The molecule has 0 bridgehead atoms. The number of halogens is 3. The van der Waals surface area contributed by atoms with Crippen molar-refractivity contribution in [3.8, 4) is 11.3 Å². The van der Waals surface area contributed by atoms with Gasteiger partial charge in [-0.1, -0.05) is 42.3 Å². The SMILES string of the molecule is CCc1ccc(-c2nc(C(=O)O)c(Cl)c(N)c2Cl)cc1F. The molecule has 1 heterocycles. The van der Waals surface area contributed by atoms with Crippen molar-refractivity contribution in [2.24, 2.45) is 0 Å². The van der Waals surface area contributed by atoms with Gasteiger partial charge >= 0.3 is 5.97 Å². The lowest BCUT2D eigenvalue weighted by atomic mass is 10.1. The lowest BCUT2D eigenvalue weighted by Crippen LogP contribution is -2.06. The molecule has 0 aliphatic heterocycles. The minimum absolute atomic E-state index is 0.00588. The largest absolute Gasteiger partial charge is 0.476 e.